The van der Waals surface area contributed by atoms with E-state index in [-0.39, 0.29) is 11.3 Å². The molecule has 0 aliphatic rings. The lowest BCUT2D eigenvalue weighted by molar-refractivity contribution is 0.0692. The van der Waals surface area contributed by atoms with Crippen LogP contribution in [-0.2, 0) is 16.6 Å². The molecule has 0 amide bonds. The number of benzene rings is 2. The highest BCUT2D eigenvalue weighted by molar-refractivity contribution is 7.84. The van der Waals surface area contributed by atoms with Crippen LogP contribution in [0.2, 0.25) is 0 Å². The Morgan fingerprint density at radius 2 is 1.85 bits per heavy atom. The summed E-state index contributed by atoms with van der Waals surface area (Å²) >= 11 is 0. The maximum Gasteiger partial charge on any atom is 0.338 e. The van der Waals surface area contributed by atoms with Gasteiger partial charge < -0.3 is 5.11 Å². The molecule has 0 aromatic heterocycles. The largest absolute Gasteiger partial charge is 0.478 e. The molecule has 3 nitrogen and oxygen atoms in total. The van der Waals surface area contributed by atoms with E-state index in [9.17, 15) is 13.4 Å². The van der Waals surface area contributed by atoms with E-state index in [4.69, 9.17) is 5.11 Å². The minimum atomic E-state index is -1.31. The van der Waals surface area contributed by atoms with E-state index < -0.39 is 22.6 Å². The lowest BCUT2D eigenvalue weighted by Crippen LogP contribution is -2.03. The van der Waals surface area contributed by atoms with Crippen LogP contribution >= 0.6 is 0 Å². The molecule has 0 aliphatic carbocycles. The van der Waals surface area contributed by atoms with Gasteiger partial charge in [-0.15, -0.1) is 0 Å². The highest BCUT2D eigenvalue weighted by Gasteiger charge is 2.12. The summed E-state index contributed by atoms with van der Waals surface area (Å²) in [5.74, 6) is -1.97. The number of hydrogen-bond acceptors (Lipinski definition) is 2. The SMILES string of the molecule is Cc1ccc(S(=O)Cc2ccc(C(=O)O)c(F)c2)cc1. The van der Waals surface area contributed by atoms with E-state index in [2.05, 4.69) is 0 Å². The van der Waals surface area contributed by atoms with E-state index in [0.717, 1.165) is 11.6 Å². The molecule has 1 atom stereocenters. The van der Waals surface area contributed by atoms with Gasteiger partial charge in [-0.25, -0.2) is 9.18 Å². The van der Waals surface area contributed by atoms with Gasteiger partial charge in [-0.2, -0.15) is 0 Å². The van der Waals surface area contributed by atoms with Crippen molar-refractivity contribution in [3.05, 3.63) is 65.0 Å². The zero-order valence-electron chi connectivity index (χ0n) is 10.8. The maximum absolute atomic E-state index is 13.5. The summed E-state index contributed by atoms with van der Waals surface area (Å²) in [4.78, 5) is 11.4. The molecule has 104 valence electrons. The molecule has 5 heteroatoms. The second-order valence-corrected chi connectivity index (χ2v) is 5.87. The van der Waals surface area contributed by atoms with Crippen LogP contribution in [-0.4, -0.2) is 15.3 Å². The van der Waals surface area contributed by atoms with Crippen LogP contribution < -0.4 is 0 Å². The minimum Gasteiger partial charge on any atom is -0.478 e. The number of carboxylic acid groups (broad SMARTS) is 1. The van der Waals surface area contributed by atoms with Gasteiger partial charge in [0.1, 0.15) is 5.82 Å². The quantitative estimate of drug-likeness (QED) is 0.942. The fraction of sp³-hybridized carbons (Fsp3) is 0.133. The fourth-order valence-electron chi connectivity index (χ4n) is 1.75. The van der Waals surface area contributed by atoms with Crippen molar-refractivity contribution in [2.45, 2.75) is 17.6 Å². The molecule has 1 unspecified atom stereocenters. The molecule has 0 fully saturated rings. The van der Waals surface area contributed by atoms with Crippen LogP contribution in [0.1, 0.15) is 21.5 Å². The number of hydrogen-bond donors (Lipinski definition) is 1. The van der Waals surface area contributed by atoms with Gasteiger partial charge >= 0.3 is 5.97 Å². The van der Waals surface area contributed by atoms with Crippen LogP contribution in [0.3, 0.4) is 0 Å². The second kappa shape index (κ2) is 5.96. The Morgan fingerprint density at radius 3 is 2.40 bits per heavy atom. The predicted molar refractivity (Wildman–Crippen MR) is 74.7 cm³/mol. The normalized spacial score (nSPS) is 12.1. The van der Waals surface area contributed by atoms with Gasteiger partial charge in [0, 0.05) is 4.90 Å². The zero-order valence-corrected chi connectivity index (χ0v) is 11.6. The Balaban J connectivity index is 2.18. The summed E-state index contributed by atoms with van der Waals surface area (Å²) in [5.41, 5.74) is 1.20. The summed E-state index contributed by atoms with van der Waals surface area (Å²) in [5, 5.41) is 8.74. The Labute approximate surface area is 118 Å². The van der Waals surface area contributed by atoms with Crippen molar-refractivity contribution in [1.29, 1.82) is 0 Å². The third-order valence-corrected chi connectivity index (χ3v) is 4.24. The molecule has 0 saturated heterocycles. The van der Waals surface area contributed by atoms with Gasteiger partial charge in [0.15, 0.2) is 0 Å². The highest BCUT2D eigenvalue weighted by atomic mass is 32.2. The lowest BCUT2D eigenvalue weighted by atomic mass is 10.1. The van der Waals surface area contributed by atoms with E-state index >= 15 is 0 Å². The monoisotopic (exact) mass is 292 g/mol. The summed E-state index contributed by atoms with van der Waals surface area (Å²) in [6.07, 6.45) is 0. The molecule has 0 bridgehead atoms. The number of carbonyl (C=O) groups is 1. The van der Waals surface area contributed by atoms with E-state index in [0.29, 0.717) is 10.5 Å². The summed E-state index contributed by atoms with van der Waals surface area (Å²) in [6, 6.07) is 11.1. The van der Waals surface area contributed by atoms with Crippen LogP contribution in [0.15, 0.2) is 47.4 Å². The van der Waals surface area contributed by atoms with Gasteiger partial charge in [-0.1, -0.05) is 23.8 Å². The Hall–Kier alpha value is -2.01. The molecule has 0 saturated carbocycles. The van der Waals surface area contributed by atoms with Crippen molar-refractivity contribution >= 4 is 16.8 Å². The number of halogens is 1. The van der Waals surface area contributed by atoms with Crippen molar-refractivity contribution in [1.82, 2.24) is 0 Å². The van der Waals surface area contributed by atoms with Gasteiger partial charge in [0.2, 0.25) is 0 Å². The first-order chi connectivity index (χ1) is 9.47. The first-order valence-electron chi connectivity index (χ1n) is 5.94. The molecule has 20 heavy (non-hydrogen) atoms. The molecule has 0 radical (unpaired) electrons. The number of carboxylic acids is 1. The average molecular weight is 292 g/mol. The Morgan fingerprint density at radius 1 is 1.20 bits per heavy atom. The number of rotatable bonds is 4. The molecule has 0 spiro atoms. The van der Waals surface area contributed by atoms with Crippen molar-refractivity contribution in [2.24, 2.45) is 0 Å². The third kappa shape index (κ3) is 3.30. The molecule has 2 aromatic carbocycles. The highest BCUT2D eigenvalue weighted by Crippen LogP contribution is 2.16. The van der Waals surface area contributed by atoms with Crippen molar-refractivity contribution in [3.63, 3.8) is 0 Å². The second-order valence-electron chi connectivity index (χ2n) is 4.42. The van der Waals surface area contributed by atoms with Crippen LogP contribution in [0.4, 0.5) is 4.39 Å². The third-order valence-electron chi connectivity index (χ3n) is 2.85. The summed E-state index contributed by atoms with van der Waals surface area (Å²) in [7, 11) is -1.28. The van der Waals surface area contributed by atoms with Gasteiger partial charge in [0.05, 0.1) is 22.1 Å². The lowest BCUT2D eigenvalue weighted by Gasteiger charge is -2.05. The van der Waals surface area contributed by atoms with Crippen molar-refractivity contribution in [3.8, 4) is 0 Å². The standard InChI is InChI=1S/C15H13FO3S/c1-10-2-5-12(6-3-10)20(19)9-11-4-7-13(15(17)18)14(16)8-11/h2-8H,9H2,1H3,(H,17,18). The van der Waals surface area contributed by atoms with Gasteiger partial charge in [-0.3, -0.25) is 4.21 Å². The number of aromatic carboxylic acids is 1. The van der Waals surface area contributed by atoms with E-state index in [1.165, 1.54) is 12.1 Å². The first kappa shape index (κ1) is 14.4. The molecule has 2 aromatic rings. The average Bonchev–Trinajstić information content (AvgIpc) is 2.39. The fourth-order valence-corrected chi connectivity index (χ4v) is 2.84. The minimum absolute atomic E-state index is 0.153. The van der Waals surface area contributed by atoms with Gasteiger partial charge in [0.25, 0.3) is 0 Å². The van der Waals surface area contributed by atoms with Crippen LogP contribution in [0.5, 0.6) is 0 Å². The predicted octanol–water partition coefficient (Wildman–Crippen LogP) is 3.14. The molecule has 2 rings (SSSR count). The molecule has 0 aliphatic heterocycles. The van der Waals surface area contributed by atoms with Crippen molar-refractivity contribution < 1.29 is 18.5 Å². The molecular formula is C15H13FO3S. The molecular weight excluding hydrogens is 279 g/mol. The smallest absolute Gasteiger partial charge is 0.338 e. The van der Waals surface area contributed by atoms with Gasteiger partial charge in [-0.05, 0) is 36.8 Å². The maximum atomic E-state index is 13.5. The zero-order chi connectivity index (χ0) is 14.7. The van der Waals surface area contributed by atoms with E-state index in [1.807, 2.05) is 19.1 Å². The van der Waals surface area contributed by atoms with Crippen molar-refractivity contribution in [2.75, 3.05) is 0 Å². The van der Waals surface area contributed by atoms with Crippen LogP contribution in [0, 0.1) is 12.7 Å². The summed E-state index contributed by atoms with van der Waals surface area (Å²) < 4.78 is 25.7. The first-order valence-corrected chi connectivity index (χ1v) is 7.26. The van der Waals surface area contributed by atoms with Crippen LogP contribution in [0.25, 0.3) is 0 Å². The number of aryl methyl sites for hydroxylation is 1. The summed E-state index contributed by atoms with van der Waals surface area (Å²) in [6.45, 7) is 1.94. The Kier molecular flexibility index (Phi) is 4.29. The van der Waals surface area contributed by atoms with E-state index in [1.54, 1.807) is 12.1 Å². The Bertz CT molecular complexity index is 665. The molecule has 0 heterocycles. The topological polar surface area (TPSA) is 54.4 Å². The molecule has 1 N–H and O–H groups in total.